The number of thioether (sulfide) groups is 1. The van der Waals surface area contributed by atoms with Crippen LogP contribution in [-0.2, 0) is 0 Å². The Labute approximate surface area is 67.4 Å². The molecular weight excluding hydrogens is 152 g/mol. The molecule has 0 fully saturated rings. The molecule has 1 atom stereocenters. The van der Waals surface area contributed by atoms with Gasteiger partial charge in [-0.05, 0) is 12.2 Å². The van der Waals surface area contributed by atoms with Crippen molar-refractivity contribution < 1.29 is 0 Å². The minimum Gasteiger partial charge on any atom is -0.143 e. The zero-order chi connectivity index (χ0) is 7.11. The summed E-state index contributed by atoms with van der Waals surface area (Å²) in [4.78, 5) is 0. The van der Waals surface area contributed by atoms with Crippen LogP contribution in [0.5, 0.6) is 0 Å². The summed E-state index contributed by atoms with van der Waals surface area (Å²) in [6.07, 6.45) is 3.69. The van der Waals surface area contributed by atoms with Gasteiger partial charge in [-0.25, -0.2) is 0 Å². The van der Waals surface area contributed by atoms with Crippen molar-refractivity contribution in [1.82, 2.24) is 0 Å². The van der Waals surface area contributed by atoms with Crippen LogP contribution in [0.25, 0.3) is 0 Å². The summed E-state index contributed by atoms with van der Waals surface area (Å²) in [6, 6.07) is 0. The second kappa shape index (κ2) is 6.76. The molecule has 0 nitrogen and oxygen atoms in total. The van der Waals surface area contributed by atoms with Crippen molar-refractivity contribution in [2.75, 3.05) is 5.75 Å². The summed E-state index contributed by atoms with van der Waals surface area (Å²) in [5, 5.41) is 0. The lowest BCUT2D eigenvalue weighted by Crippen LogP contribution is -1.91. The van der Waals surface area contributed by atoms with Crippen LogP contribution in [0.4, 0.5) is 0 Å². The van der Waals surface area contributed by atoms with E-state index < -0.39 is 0 Å². The van der Waals surface area contributed by atoms with Gasteiger partial charge in [0.2, 0.25) is 0 Å². The van der Waals surface area contributed by atoms with Gasteiger partial charge in [0.1, 0.15) is 0 Å². The standard InChI is InChI=1S/C7H15ClS/c1-3-5-6-7(8)9-4-2/h7H,3-6H2,1-2H3. The number of alkyl halides is 1. The van der Waals surface area contributed by atoms with Crippen molar-refractivity contribution in [2.45, 2.75) is 37.8 Å². The molecule has 0 aliphatic carbocycles. The molecule has 0 aromatic heterocycles. The fraction of sp³-hybridized carbons (Fsp3) is 1.00. The van der Waals surface area contributed by atoms with Crippen LogP contribution in [0.2, 0.25) is 0 Å². The van der Waals surface area contributed by atoms with Crippen LogP contribution in [0.3, 0.4) is 0 Å². The maximum absolute atomic E-state index is 5.92. The van der Waals surface area contributed by atoms with Gasteiger partial charge in [0, 0.05) is 0 Å². The van der Waals surface area contributed by atoms with Gasteiger partial charge >= 0.3 is 0 Å². The normalized spacial score (nSPS) is 13.7. The Morgan fingerprint density at radius 2 is 2.11 bits per heavy atom. The fourth-order valence-corrected chi connectivity index (χ4v) is 1.86. The van der Waals surface area contributed by atoms with Crippen LogP contribution in [0, 0.1) is 0 Å². The lowest BCUT2D eigenvalue weighted by molar-refractivity contribution is 0.760. The molecule has 0 N–H and O–H groups in total. The van der Waals surface area contributed by atoms with E-state index in [1.165, 1.54) is 12.8 Å². The Bertz CT molecular complexity index is 56.9. The molecule has 0 heterocycles. The maximum Gasteiger partial charge on any atom is 0.0788 e. The summed E-state index contributed by atoms with van der Waals surface area (Å²) in [5.41, 5.74) is 0. The first kappa shape index (κ1) is 9.64. The summed E-state index contributed by atoms with van der Waals surface area (Å²) >= 11 is 7.76. The molecule has 56 valence electrons. The molecule has 0 aromatic carbocycles. The van der Waals surface area contributed by atoms with E-state index in [9.17, 15) is 0 Å². The molecule has 0 radical (unpaired) electrons. The molecule has 0 amide bonds. The Balaban J connectivity index is 2.95. The molecule has 0 aliphatic heterocycles. The minimum absolute atomic E-state index is 0.356. The highest BCUT2D eigenvalue weighted by molar-refractivity contribution is 8.01. The lowest BCUT2D eigenvalue weighted by atomic mass is 10.3. The van der Waals surface area contributed by atoms with Crippen LogP contribution in [0.15, 0.2) is 0 Å². The Kier molecular flexibility index (Phi) is 7.24. The highest BCUT2D eigenvalue weighted by Crippen LogP contribution is 2.20. The zero-order valence-corrected chi connectivity index (χ0v) is 7.76. The van der Waals surface area contributed by atoms with Crippen molar-refractivity contribution in [1.29, 1.82) is 0 Å². The molecule has 0 aromatic rings. The predicted octanol–water partition coefficient (Wildman–Crippen LogP) is 3.49. The first-order valence-electron chi connectivity index (χ1n) is 3.57. The number of unbranched alkanes of at least 4 members (excludes halogenated alkanes) is 1. The van der Waals surface area contributed by atoms with E-state index >= 15 is 0 Å². The Morgan fingerprint density at radius 3 is 2.56 bits per heavy atom. The number of hydrogen-bond acceptors (Lipinski definition) is 1. The van der Waals surface area contributed by atoms with E-state index in [1.54, 1.807) is 0 Å². The molecule has 0 saturated carbocycles. The molecular formula is C7H15ClS. The third-order valence-electron chi connectivity index (χ3n) is 1.13. The summed E-state index contributed by atoms with van der Waals surface area (Å²) in [7, 11) is 0. The monoisotopic (exact) mass is 166 g/mol. The smallest absolute Gasteiger partial charge is 0.0788 e. The van der Waals surface area contributed by atoms with Gasteiger partial charge in [0.15, 0.2) is 0 Å². The van der Waals surface area contributed by atoms with Gasteiger partial charge in [-0.2, -0.15) is 0 Å². The zero-order valence-electron chi connectivity index (χ0n) is 6.19. The van der Waals surface area contributed by atoms with Crippen LogP contribution in [-0.4, -0.2) is 10.5 Å². The molecule has 0 aliphatic rings. The Hall–Kier alpha value is 0.640. The first-order valence-corrected chi connectivity index (χ1v) is 5.05. The third kappa shape index (κ3) is 6.53. The topological polar surface area (TPSA) is 0 Å². The van der Waals surface area contributed by atoms with Crippen LogP contribution in [0.1, 0.15) is 33.1 Å². The van der Waals surface area contributed by atoms with E-state index in [1.807, 2.05) is 11.8 Å². The van der Waals surface area contributed by atoms with E-state index in [0.29, 0.717) is 4.71 Å². The van der Waals surface area contributed by atoms with Crippen LogP contribution < -0.4 is 0 Å². The fourth-order valence-electron chi connectivity index (χ4n) is 0.629. The van der Waals surface area contributed by atoms with E-state index in [0.717, 1.165) is 12.2 Å². The highest BCUT2D eigenvalue weighted by atomic mass is 35.5. The van der Waals surface area contributed by atoms with Gasteiger partial charge in [0.25, 0.3) is 0 Å². The second-order valence-electron chi connectivity index (χ2n) is 2.01. The van der Waals surface area contributed by atoms with Crippen molar-refractivity contribution >= 4 is 23.4 Å². The summed E-state index contributed by atoms with van der Waals surface area (Å²) in [5.74, 6) is 1.14. The van der Waals surface area contributed by atoms with E-state index in [2.05, 4.69) is 13.8 Å². The molecule has 0 rings (SSSR count). The number of hydrogen-bond donors (Lipinski definition) is 0. The molecule has 0 saturated heterocycles. The molecule has 0 spiro atoms. The van der Waals surface area contributed by atoms with Gasteiger partial charge in [-0.3, -0.25) is 0 Å². The SMILES string of the molecule is CCCCC(Cl)SCC. The average molecular weight is 167 g/mol. The van der Waals surface area contributed by atoms with Gasteiger partial charge in [-0.15, -0.1) is 23.4 Å². The van der Waals surface area contributed by atoms with E-state index in [-0.39, 0.29) is 0 Å². The largest absolute Gasteiger partial charge is 0.143 e. The van der Waals surface area contributed by atoms with Crippen molar-refractivity contribution in [3.8, 4) is 0 Å². The van der Waals surface area contributed by atoms with Crippen molar-refractivity contribution in [3.05, 3.63) is 0 Å². The van der Waals surface area contributed by atoms with Gasteiger partial charge < -0.3 is 0 Å². The number of halogens is 1. The van der Waals surface area contributed by atoms with E-state index in [4.69, 9.17) is 11.6 Å². The third-order valence-corrected chi connectivity index (χ3v) is 2.66. The highest BCUT2D eigenvalue weighted by Gasteiger charge is 2.00. The molecule has 1 unspecified atom stereocenters. The molecule has 2 heteroatoms. The lowest BCUT2D eigenvalue weighted by Gasteiger charge is -2.04. The molecule has 9 heavy (non-hydrogen) atoms. The average Bonchev–Trinajstić information content (AvgIpc) is 1.85. The van der Waals surface area contributed by atoms with Crippen molar-refractivity contribution in [2.24, 2.45) is 0 Å². The van der Waals surface area contributed by atoms with Gasteiger partial charge in [0.05, 0.1) is 4.71 Å². The number of rotatable bonds is 5. The summed E-state index contributed by atoms with van der Waals surface area (Å²) < 4.78 is 0.356. The first-order chi connectivity index (χ1) is 4.31. The quantitative estimate of drug-likeness (QED) is 0.564. The minimum atomic E-state index is 0.356. The predicted molar refractivity (Wildman–Crippen MR) is 47.3 cm³/mol. The Morgan fingerprint density at radius 1 is 1.44 bits per heavy atom. The van der Waals surface area contributed by atoms with Crippen LogP contribution >= 0.6 is 23.4 Å². The second-order valence-corrected chi connectivity index (χ2v) is 4.27. The summed E-state index contributed by atoms with van der Waals surface area (Å²) in [6.45, 7) is 4.34. The van der Waals surface area contributed by atoms with Gasteiger partial charge in [-0.1, -0.05) is 26.7 Å². The maximum atomic E-state index is 5.92. The van der Waals surface area contributed by atoms with Crippen molar-refractivity contribution in [3.63, 3.8) is 0 Å². The molecule has 0 bridgehead atoms.